The Kier molecular flexibility index (Phi) is 6.12. The number of anilines is 2. The van der Waals surface area contributed by atoms with Gasteiger partial charge in [0.1, 0.15) is 0 Å². The molecular weight excluding hydrogens is 392 g/mol. The highest BCUT2D eigenvalue weighted by Gasteiger charge is 2.19. The maximum atomic E-state index is 12.7. The minimum Gasteiger partial charge on any atom is -0.465 e. The number of methoxy groups -OCH3 is 1. The summed E-state index contributed by atoms with van der Waals surface area (Å²) in [4.78, 5) is 24.4. The van der Waals surface area contributed by atoms with Crippen molar-refractivity contribution in [2.24, 2.45) is 0 Å². The first-order valence-corrected chi connectivity index (χ1v) is 10.0. The number of nitrogens with zero attached hydrogens (tertiary/aromatic N) is 1. The van der Waals surface area contributed by atoms with E-state index in [1.807, 2.05) is 0 Å². The maximum Gasteiger partial charge on any atom is 0.337 e. The number of ether oxygens (including phenoxy) is 1. The fourth-order valence-electron chi connectivity index (χ4n) is 2.44. The zero-order valence-corrected chi connectivity index (χ0v) is 16.8. The van der Waals surface area contributed by atoms with Gasteiger partial charge >= 0.3 is 5.97 Å². The highest BCUT2D eigenvalue weighted by Crippen LogP contribution is 2.27. The van der Waals surface area contributed by atoms with Crippen LogP contribution in [-0.2, 0) is 14.8 Å². The number of amides is 1. The summed E-state index contributed by atoms with van der Waals surface area (Å²) in [5, 5.41) is 2.89. The van der Waals surface area contributed by atoms with E-state index in [4.69, 9.17) is 11.6 Å². The van der Waals surface area contributed by atoms with Crippen molar-refractivity contribution in [3.8, 4) is 0 Å². The molecule has 144 valence electrons. The highest BCUT2D eigenvalue weighted by molar-refractivity contribution is 7.92. The summed E-state index contributed by atoms with van der Waals surface area (Å²) in [5.74, 6) is -1.05. The molecule has 2 aromatic rings. The van der Waals surface area contributed by atoms with E-state index in [9.17, 15) is 18.0 Å². The van der Waals surface area contributed by atoms with E-state index in [1.54, 1.807) is 25.1 Å². The smallest absolute Gasteiger partial charge is 0.337 e. The zero-order chi connectivity index (χ0) is 20.4. The molecule has 27 heavy (non-hydrogen) atoms. The Bertz CT molecular complexity index is 1000. The summed E-state index contributed by atoms with van der Waals surface area (Å²) < 4.78 is 29.3. The molecular formula is C18H19ClN2O5S. The molecule has 0 aliphatic rings. The van der Waals surface area contributed by atoms with Crippen LogP contribution in [0.15, 0.2) is 36.4 Å². The molecule has 0 heterocycles. The first kappa shape index (κ1) is 20.7. The molecule has 0 aromatic heterocycles. The summed E-state index contributed by atoms with van der Waals surface area (Å²) in [6, 6.07) is 9.14. The van der Waals surface area contributed by atoms with Crippen molar-refractivity contribution >= 4 is 44.9 Å². The van der Waals surface area contributed by atoms with Crippen LogP contribution in [0.1, 0.15) is 26.3 Å². The number of hydrogen-bond acceptors (Lipinski definition) is 5. The van der Waals surface area contributed by atoms with Crippen molar-refractivity contribution in [2.75, 3.05) is 30.0 Å². The van der Waals surface area contributed by atoms with E-state index < -0.39 is 21.9 Å². The van der Waals surface area contributed by atoms with Crippen molar-refractivity contribution in [3.05, 3.63) is 58.1 Å². The maximum absolute atomic E-state index is 12.7. The molecule has 0 radical (unpaired) electrons. The average Bonchev–Trinajstić information content (AvgIpc) is 2.61. The fraction of sp³-hybridized carbons (Fsp3) is 0.222. The van der Waals surface area contributed by atoms with Crippen molar-refractivity contribution in [3.63, 3.8) is 0 Å². The summed E-state index contributed by atoms with van der Waals surface area (Å²) in [7, 11) is -0.810. The Hall–Kier alpha value is -2.58. The van der Waals surface area contributed by atoms with Crippen molar-refractivity contribution < 1.29 is 22.7 Å². The summed E-state index contributed by atoms with van der Waals surface area (Å²) in [6.45, 7) is 1.65. The van der Waals surface area contributed by atoms with Gasteiger partial charge in [-0.1, -0.05) is 17.7 Å². The number of rotatable bonds is 5. The van der Waals surface area contributed by atoms with E-state index >= 15 is 0 Å². The Morgan fingerprint density at radius 3 is 2.44 bits per heavy atom. The van der Waals surface area contributed by atoms with Gasteiger partial charge < -0.3 is 10.1 Å². The topological polar surface area (TPSA) is 92.8 Å². The Labute approximate surface area is 162 Å². The van der Waals surface area contributed by atoms with Gasteiger partial charge in [-0.05, 0) is 42.8 Å². The van der Waals surface area contributed by atoms with Crippen LogP contribution < -0.4 is 9.62 Å². The van der Waals surface area contributed by atoms with Gasteiger partial charge in [0.2, 0.25) is 10.0 Å². The molecule has 0 aliphatic carbocycles. The van der Waals surface area contributed by atoms with Gasteiger partial charge in [-0.3, -0.25) is 9.10 Å². The normalized spacial score (nSPS) is 11.0. The molecule has 1 N–H and O–H groups in total. The first-order chi connectivity index (χ1) is 12.6. The average molecular weight is 411 g/mol. The van der Waals surface area contributed by atoms with Gasteiger partial charge in [-0.25, -0.2) is 13.2 Å². The van der Waals surface area contributed by atoms with Crippen molar-refractivity contribution in [2.45, 2.75) is 6.92 Å². The second-order valence-electron chi connectivity index (χ2n) is 5.82. The lowest BCUT2D eigenvalue weighted by Gasteiger charge is -2.20. The highest BCUT2D eigenvalue weighted by atomic mass is 35.5. The SMILES string of the molecule is COC(=O)c1ccc(Cl)c(NC(=O)c2cccc(N(C)S(C)(=O)=O)c2C)c1. The standard InChI is InChI=1S/C18H19ClN2O5S/c1-11-13(6-5-7-16(11)21(2)27(4,24)25)17(22)20-15-10-12(18(23)26-3)8-9-14(15)19/h5-10H,1-4H3,(H,20,22). The minimum atomic E-state index is -3.48. The lowest BCUT2D eigenvalue weighted by molar-refractivity contribution is 0.0600. The minimum absolute atomic E-state index is 0.236. The number of carbonyl (C=O) groups is 2. The largest absolute Gasteiger partial charge is 0.465 e. The van der Waals surface area contributed by atoms with Crippen LogP contribution in [0, 0.1) is 6.92 Å². The van der Waals surface area contributed by atoms with E-state index in [1.165, 1.54) is 32.4 Å². The van der Waals surface area contributed by atoms with Crippen LogP contribution in [0.3, 0.4) is 0 Å². The molecule has 2 rings (SSSR count). The number of halogens is 1. The predicted molar refractivity (Wildman–Crippen MR) is 105 cm³/mol. The first-order valence-electron chi connectivity index (χ1n) is 7.79. The molecule has 2 aromatic carbocycles. The summed E-state index contributed by atoms with van der Waals surface area (Å²) >= 11 is 6.10. The number of sulfonamides is 1. The lowest BCUT2D eigenvalue weighted by Crippen LogP contribution is -2.26. The Morgan fingerprint density at radius 1 is 1.19 bits per heavy atom. The Balaban J connectivity index is 2.39. The molecule has 0 spiro atoms. The van der Waals surface area contributed by atoms with E-state index in [-0.39, 0.29) is 21.8 Å². The van der Waals surface area contributed by atoms with Crippen molar-refractivity contribution in [1.82, 2.24) is 0 Å². The molecule has 9 heteroatoms. The van der Waals surface area contributed by atoms with E-state index in [0.29, 0.717) is 11.3 Å². The molecule has 1 amide bonds. The number of carbonyl (C=O) groups excluding carboxylic acids is 2. The van der Waals surface area contributed by atoms with Crippen LogP contribution >= 0.6 is 11.6 Å². The van der Waals surface area contributed by atoms with Crippen LogP contribution in [0.5, 0.6) is 0 Å². The summed E-state index contributed by atoms with van der Waals surface area (Å²) in [6.07, 6.45) is 1.08. The molecule has 0 fully saturated rings. The van der Waals surface area contributed by atoms with Gasteiger partial charge in [0, 0.05) is 12.6 Å². The fourth-order valence-corrected chi connectivity index (χ4v) is 3.16. The summed E-state index contributed by atoms with van der Waals surface area (Å²) in [5.41, 5.74) is 1.63. The van der Waals surface area contributed by atoms with Gasteiger partial charge in [0.05, 0.1) is 35.3 Å². The molecule has 0 aliphatic heterocycles. The van der Waals surface area contributed by atoms with E-state index in [2.05, 4.69) is 10.1 Å². The van der Waals surface area contributed by atoms with Gasteiger partial charge in [0.25, 0.3) is 5.91 Å². The Morgan fingerprint density at radius 2 is 1.85 bits per heavy atom. The monoisotopic (exact) mass is 410 g/mol. The third-order valence-electron chi connectivity index (χ3n) is 4.02. The quantitative estimate of drug-likeness (QED) is 0.764. The molecule has 0 unspecified atom stereocenters. The molecule has 7 nitrogen and oxygen atoms in total. The van der Waals surface area contributed by atoms with Gasteiger partial charge in [-0.15, -0.1) is 0 Å². The lowest BCUT2D eigenvalue weighted by atomic mass is 10.1. The van der Waals surface area contributed by atoms with Crippen LogP contribution in [0.25, 0.3) is 0 Å². The number of esters is 1. The van der Waals surface area contributed by atoms with Crippen LogP contribution in [0.2, 0.25) is 5.02 Å². The molecule has 0 atom stereocenters. The number of benzene rings is 2. The zero-order valence-electron chi connectivity index (χ0n) is 15.2. The van der Waals surface area contributed by atoms with Crippen molar-refractivity contribution in [1.29, 1.82) is 0 Å². The van der Waals surface area contributed by atoms with Gasteiger partial charge in [0.15, 0.2) is 0 Å². The van der Waals surface area contributed by atoms with Crippen LogP contribution in [-0.4, -0.2) is 40.7 Å². The predicted octanol–water partition coefficient (Wildman–Crippen LogP) is 3.08. The second-order valence-corrected chi connectivity index (χ2v) is 8.24. The molecule has 0 saturated heterocycles. The third-order valence-corrected chi connectivity index (χ3v) is 5.54. The van der Waals surface area contributed by atoms with Gasteiger partial charge in [-0.2, -0.15) is 0 Å². The second kappa shape index (κ2) is 7.98. The van der Waals surface area contributed by atoms with Crippen LogP contribution in [0.4, 0.5) is 11.4 Å². The van der Waals surface area contributed by atoms with E-state index in [0.717, 1.165) is 10.6 Å². The number of hydrogen-bond donors (Lipinski definition) is 1. The third kappa shape index (κ3) is 4.58. The number of nitrogens with one attached hydrogen (secondary N) is 1. The molecule has 0 bridgehead atoms. The molecule has 0 saturated carbocycles.